The van der Waals surface area contributed by atoms with Crippen LogP contribution in [-0.2, 0) is 17.9 Å². The lowest BCUT2D eigenvalue weighted by Gasteiger charge is -2.39. The van der Waals surface area contributed by atoms with Gasteiger partial charge in [0.1, 0.15) is 23.9 Å². The predicted molar refractivity (Wildman–Crippen MR) is 160 cm³/mol. The summed E-state index contributed by atoms with van der Waals surface area (Å²) >= 11 is 0. The molecular weight excluding hydrogens is 517 g/mol. The van der Waals surface area contributed by atoms with E-state index >= 15 is 4.39 Å². The maximum atomic E-state index is 15.1. The predicted octanol–water partition coefficient (Wildman–Crippen LogP) is 8.20. The van der Waals surface area contributed by atoms with Gasteiger partial charge in [-0.25, -0.2) is 4.39 Å². The van der Waals surface area contributed by atoms with Crippen LogP contribution < -0.4 is 9.47 Å². The molecule has 3 aromatic rings. The van der Waals surface area contributed by atoms with E-state index in [4.69, 9.17) is 9.47 Å². The zero-order chi connectivity index (χ0) is 29.1. The van der Waals surface area contributed by atoms with Crippen LogP contribution in [0.2, 0.25) is 0 Å². The Balaban J connectivity index is 1.41. The van der Waals surface area contributed by atoms with E-state index in [0.717, 1.165) is 60.2 Å². The van der Waals surface area contributed by atoms with Gasteiger partial charge >= 0.3 is 5.97 Å². The number of piperidine rings is 1. The van der Waals surface area contributed by atoms with Crippen molar-refractivity contribution in [3.8, 4) is 22.6 Å². The molecule has 1 aliphatic carbocycles. The van der Waals surface area contributed by atoms with Gasteiger partial charge in [0.05, 0.1) is 13.5 Å². The average molecular weight is 560 g/mol. The van der Waals surface area contributed by atoms with Crippen LogP contribution in [0.1, 0.15) is 81.9 Å². The third-order valence-corrected chi connectivity index (χ3v) is 9.29. The van der Waals surface area contributed by atoms with E-state index in [2.05, 4.69) is 31.7 Å². The third-order valence-electron chi connectivity index (χ3n) is 9.29. The molecule has 1 saturated heterocycles. The molecule has 3 atom stereocenters. The van der Waals surface area contributed by atoms with Gasteiger partial charge in [-0.15, -0.1) is 0 Å². The summed E-state index contributed by atoms with van der Waals surface area (Å²) in [4.78, 5) is 14.1. The van der Waals surface area contributed by atoms with Gasteiger partial charge in [0.25, 0.3) is 0 Å². The number of halogens is 1. The molecular formula is C35H42FNO4. The lowest BCUT2D eigenvalue weighted by molar-refractivity contribution is -0.137. The van der Waals surface area contributed by atoms with Crippen LogP contribution in [0.5, 0.6) is 11.5 Å². The summed E-state index contributed by atoms with van der Waals surface area (Å²) in [6.45, 7) is 7.82. The molecule has 0 spiro atoms. The largest absolute Gasteiger partial charge is 0.497 e. The Kier molecular flexibility index (Phi) is 8.69. The van der Waals surface area contributed by atoms with Crippen LogP contribution in [0, 0.1) is 11.2 Å². The molecule has 0 amide bonds. The Morgan fingerprint density at radius 2 is 1.78 bits per heavy atom. The molecule has 0 bridgehead atoms. The van der Waals surface area contributed by atoms with E-state index in [-0.39, 0.29) is 23.6 Å². The first-order chi connectivity index (χ1) is 19.7. The van der Waals surface area contributed by atoms with Crippen molar-refractivity contribution in [2.24, 2.45) is 5.41 Å². The molecule has 5 nitrogen and oxygen atoms in total. The highest BCUT2D eigenvalue weighted by molar-refractivity contribution is 5.70. The fourth-order valence-corrected chi connectivity index (χ4v) is 6.43. The number of aliphatic carboxylic acids is 1. The first kappa shape index (κ1) is 29.1. The number of rotatable bonds is 11. The minimum atomic E-state index is -0.771. The standard InChI is InChI=1S/C35H42FNO4/c1-23-7-5-8-24(2)37(23)21-27-17-25(11-13-30(27)31-19-28(40-4)12-14-33(31)36)22-41-29-10-6-9-26(18-29)32(20-34(38)39)35(3)15-16-35/h6,9-14,17-19,23-24,32H,5,7-8,15-16,20-22H2,1-4H3,(H,38,39)/t23-,24+,32-/m1/s1. The SMILES string of the molecule is COc1ccc(F)c(-c2ccc(COc3cccc([C@@H](CC(=O)O)C4(C)CC4)c3)cc2CN2[C@H](C)CCC[C@@H]2C)c1. The highest BCUT2D eigenvalue weighted by Crippen LogP contribution is 2.57. The topological polar surface area (TPSA) is 59.0 Å². The van der Waals surface area contributed by atoms with Gasteiger partial charge in [0, 0.05) is 24.2 Å². The van der Waals surface area contributed by atoms with Crippen LogP contribution in [0.4, 0.5) is 4.39 Å². The highest BCUT2D eigenvalue weighted by Gasteiger charge is 2.46. The smallest absolute Gasteiger partial charge is 0.303 e. The van der Waals surface area contributed by atoms with Gasteiger partial charge in [0.15, 0.2) is 0 Å². The zero-order valence-corrected chi connectivity index (χ0v) is 24.7. The number of hydrogen-bond acceptors (Lipinski definition) is 4. The molecule has 0 radical (unpaired) electrons. The molecule has 218 valence electrons. The number of benzene rings is 3. The zero-order valence-electron chi connectivity index (χ0n) is 24.7. The van der Waals surface area contributed by atoms with Crippen molar-refractivity contribution in [1.82, 2.24) is 4.90 Å². The molecule has 1 saturated carbocycles. The second-order valence-electron chi connectivity index (χ2n) is 12.3. The maximum Gasteiger partial charge on any atom is 0.303 e. The van der Waals surface area contributed by atoms with Gasteiger partial charge in [-0.1, -0.05) is 43.7 Å². The van der Waals surface area contributed by atoms with Crippen molar-refractivity contribution in [2.75, 3.05) is 7.11 Å². The van der Waals surface area contributed by atoms with Gasteiger partial charge < -0.3 is 14.6 Å². The molecule has 1 aliphatic heterocycles. The summed E-state index contributed by atoms with van der Waals surface area (Å²) in [5.41, 5.74) is 4.53. The van der Waals surface area contributed by atoms with Gasteiger partial charge in [-0.2, -0.15) is 0 Å². The summed E-state index contributed by atoms with van der Waals surface area (Å²) in [5, 5.41) is 9.52. The number of carboxylic acids is 1. The normalized spacial score (nSPS) is 20.8. The number of likely N-dealkylation sites (tertiary alicyclic amines) is 1. The van der Waals surface area contributed by atoms with Crippen molar-refractivity contribution >= 4 is 5.97 Å². The van der Waals surface area contributed by atoms with E-state index < -0.39 is 5.97 Å². The maximum absolute atomic E-state index is 15.1. The second-order valence-corrected chi connectivity index (χ2v) is 12.3. The Bertz CT molecular complexity index is 1370. The fraction of sp³-hybridized carbons (Fsp3) is 0.457. The van der Waals surface area contributed by atoms with Crippen LogP contribution in [-0.4, -0.2) is 35.2 Å². The number of methoxy groups -OCH3 is 1. The first-order valence-corrected chi connectivity index (χ1v) is 14.8. The summed E-state index contributed by atoms with van der Waals surface area (Å²) in [7, 11) is 1.60. The van der Waals surface area contributed by atoms with Crippen LogP contribution in [0.25, 0.3) is 11.1 Å². The first-order valence-electron chi connectivity index (χ1n) is 14.8. The van der Waals surface area contributed by atoms with E-state index in [1.165, 1.54) is 12.5 Å². The molecule has 2 aliphatic rings. The van der Waals surface area contributed by atoms with Crippen molar-refractivity contribution in [1.29, 1.82) is 0 Å². The van der Waals surface area contributed by atoms with E-state index in [1.54, 1.807) is 19.2 Å². The Morgan fingerprint density at radius 3 is 2.46 bits per heavy atom. The van der Waals surface area contributed by atoms with Crippen LogP contribution >= 0.6 is 0 Å². The highest BCUT2D eigenvalue weighted by atomic mass is 19.1. The van der Waals surface area contributed by atoms with E-state index in [0.29, 0.717) is 30.0 Å². The van der Waals surface area contributed by atoms with E-state index in [1.807, 2.05) is 36.4 Å². The number of carbonyl (C=O) groups is 1. The quantitative estimate of drug-likeness (QED) is 0.257. The molecule has 41 heavy (non-hydrogen) atoms. The van der Waals surface area contributed by atoms with Gasteiger partial charge in [0.2, 0.25) is 0 Å². The molecule has 3 aromatic carbocycles. The average Bonchev–Trinajstić information content (AvgIpc) is 3.71. The number of hydrogen-bond donors (Lipinski definition) is 1. The molecule has 0 aromatic heterocycles. The molecule has 5 rings (SSSR count). The third kappa shape index (κ3) is 6.75. The van der Waals surface area contributed by atoms with Gasteiger partial charge in [-0.05, 0) is 103 Å². The number of nitrogens with zero attached hydrogens (tertiary/aromatic N) is 1. The second kappa shape index (κ2) is 12.2. The van der Waals surface area contributed by atoms with Crippen molar-refractivity contribution in [3.05, 3.63) is 83.2 Å². The Morgan fingerprint density at radius 1 is 1.02 bits per heavy atom. The monoisotopic (exact) mass is 559 g/mol. The van der Waals surface area contributed by atoms with Gasteiger partial charge in [-0.3, -0.25) is 9.69 Å². The summed E-state index contributed by atoms with van der Waals surface area (Å²) in [6.07, 6.45) is 5.78. The molecule has 2 fully saturated rings. The Hall–Kier alpha value is -3.38. The molecule has 1 heterocycles. The Labute approximate surface area is 243 Å². The van der Waals surface area contributed by atoms with Crippen molar-refractivity contribution in [3.63, 3.8) is 0 Å². The molecule has 1 N–H and O–H groups in total. The van der Waals surface area contributed by atoms with Crippen molar-refractivity contribution in [2.45, 2.75) is 90.4 Å². The number of ether oxygens (including phenoxy) is 2. The molecule has 0 unspecified atom stereocenters. The summed E-state index contributed by atoms with van der Waals surface area (Å²) in [6, 6.07) is 19.8. The minimum Gasteiger partial charge on any atom is -0.497 e. The fourth-order valence-electron chi connectivity index (χ4n) is 6.43. The molecule has 6 heteroatoms. The minimum absolute atomic E-state index is 0.0271. The lowest BCUT2D eigenvalue weighted by atomic mass is 9.82. The van der Waals surface area contributed by atoms with Crippen LogP contribution in [0.15, 0.2) is 60.7 Å². The van der Waals surface area contributed by atoms with E-state index in [9.17, 15) is 9.90 Å². The lowest BCUT2D eigenvalue weighted by Crippen LogP contribution is -2.43. The summed E-state index contributed by atoms with van der Waals surface area (Å²) < 4.78 is 26.8. The van der Waals surface area contributed by atoms with Crippen molar-refractivity contribution < 1.29 is 23.8 Å². The van der Waals surface area contributed by atoms with Crippen LogP contribution in [0.3, 0.4) is 0 Å². The number of carboxylic acid groups (broad SMARTS) is 1. The summed E-state index contributed by atoms with van der Waals surface area (Å²) in [5.74, 6) is 0.283.